The van der Waals surface area contributed by atoms with Gasteiger partial charge in [-0.3, -0.25) is 0 Å². The van der Waals surface area contributed by atoms with Gasteiger partial charge in [-0.15, -0.1) is 0 Å². The molecule has 27 heavy (non-hydrogen) atoms. The summed E-state index contributed by atoms with van der Waals surface area (Å²) in [7, 11) is 0. The second-order valence-electron chi connectivity index (χ2n) is 7.45. The molecule has 0 aliphatic rings. The molecule has 0 aliphatic carbocycles. The lowest BCUT2D eigenvalue weighted by Gasteiger charge is -2.25. The third-order valence-electron chi connectivity index (χ3n) is 4.46. The van der Waals surface area contributed by atoms with Crippen LogP contribution in [0.5, 0.6) is 0 Å². The average molecular weight is 381 g/mol. The van der Waals surface area contributed by atoms with Gasteiger partial charge in [0.25, 0.3) is 0 Å². The number of rotatable bonds is 7. The van der Waals surface area contributed by atoms with E-state index >= 15 is 0 Å². The molecule has 1 nitrogen and oxygen atoms in total. The van der Waals surface area contributed by atoms with E-state index in [1.54, 1.807) is 23.9 Å². The van der Waals surface area contributed by atoms with Crippen molar-refractivity contribution in [1.29, 1.82) is 0 Å². The Balaban J connectivity index is 1.60. The Morgan fingerprint density at radius 2 is 1.59 bits per heavy atom. The average Bonchev–Trinajstić information content (AvgIpc) is 2.62. The van der Waals surface area contributed by atoms with Crippen LogP contribution in [-0.4, -0.2) is 6.61 Å². The fourth-order valence-electron chi connectivity index (χ4n) is 2.94. The highest BCUT2D eigenvalue weighted by Gasteiger charge is 2.21. The summed E-state index contributed by atoms with van der Waals surface area (Å²) < 4.78 is 19.4. The first-order valence-electron chi connectivity index (χ1n) is 9.10. The van der Waals surface area contributed by atoms with Gasteiger partial charge < -0.3 is 4.74 Å². The van der Waals surface area contributed by atoms with Crippen molar-refractivity contribution in [3.8, 4) is 0 Å². The Bertz CT molecular complexity index is 904. The number of aryl methyl sites for hydroxylation is 1. The first-order valence-corrected chi connectivity index (χ1v) is 9.91. The molecule has 0 heterocycles. The van der Waals surface area contributed by atoms with Crippen molar-refractivity contribution in [3.63, 3.8) is 0 Å². The number of hydrogen-bond acceptors (Lipinski definition) is 2. The third-order valence-corrected chi connectivity index (χ3v) is 5.44. The van der Waals surface area contributed by atoms with Crippen LogP contribution in [0, 0.1) is 12.7 Å². The van der Waals surface area contributed by atoms with Gasteiger partial charge in [0.15, 0.2) is 0 Å². The molecular weight excluding hydrogens is 355 g/mol. The van der Waals surface area contributed by atoms with Crippen LogP contribution in [0.3, 0.4) is 0 Å². The van der Waals surface area contributed by atoms with Gasteiger partial charge in [0, 0.05) is 15.2 Å². The van der Waals surface area contributed by atoms with Crippen LogP contribution >= 0.6 is 11.8 Å². The molecule has 0 aliphatic heterocycles. The van der Waals surface area contributed by atoms with Gasteiger partial charge >= 0.3 is 0 Å². The van der Waals surface area contributed by atoms with E-state index in [0.29, 0.717) is 13.2 Å². The van der Waals surface area contributed by atoms with E-state index in [1.165, 1.54) is 17.2 Å². The molecule has 3 rings (SSSR count). The summed E-state index contributed by atoms with van der Waals surface area (Å²) in [4.78, 5) is 1.98. The van der Waals surface area contributed by atoms with Crippen molar-refractivity contribution in [2.75, 3.05) is 6.61 Å². The number of benzene rings is 3. The van der Waals surface area contributed by atoms with Crippen molar-refractivity contribution >= 4 is 11.8 Å². The fourth-order valence-corrected chi connectivity index (χ4v) is 3.89. The second kappa shape index (κ2) is 8.73. The maximum Gasteiger partial charge on any atom is 0.124 e. The summed E-state index contributed by atoms with van der Waals surface area (Å²) >= 11 is 1.56. The van der Waals surface area contributed by atoms with Crippen LogP contribution in [0.1, 0.15) is 30.5 Å². The third kappa shape index (κ3) is 5.69. The summed E-state index contributed by atoms with van der Waals surface area (Å²) in [5.74, 6) is -0.210. The van der Waals surface area contributed by atoms with Gasteiger partial charge in [0.2, 0.25) is 0 Å². The molecule has 3 heteroatoms. The summed E-state index contributed by atoms with van der Waals surface area (Å²) in [5, 5.41) is 0. The summed E-state index contributed by atoms with van der Waals surface area (Å²) in [6.45, 7) is 7.74. The summed E-state index contributed by atoms with van der Waals surface area (Å²) in [6.07, 6.45) is 0. The zero-order valence-corrected chi connectivity index (χ0v) is 16.9. The minimum absolute atomic E-state index is 0.0417. The molecular formula is C24H25FOS. The molecule has 0 amide bonds. The zero-order valence-electron chi connectivity index (χ0n) is 16.0. The van der Waals surface area contributed by atoms with E-state index in [-0.39, 0.29) is 11.2 Å². The van der Waals surface area contributed by atoms with Gasteiger partial charge in [-0.05, 0) is 48.4 Å². The van der Waals surface area contributed by atoms with Crippen molar-refractivity contribution < 1.29 is 9.13 Å². The van der Waals surface area contributed by atoms with Crippen LogP contribution in [-0.2, 0) is 16.8 Å². The van der Waals surface area contributed by atoms with Gasteiger partial charge in [-0.2, -0.15) is 0 Å². The van der Waals surface area contributed by atoms with Crippen molar-refractivity contribution in [2.24, 2.45) is 0 Å². The van der Waals surface area contributed by atoms with Crippen molar-refractivity contribution in [2.45, 2.75) is 42.6 Å². The monoisotopic (exact) mass is 380 g/mol. The molecule has 0 unspecified atom stereocenters. The van der Waals surface area contributed by atoms with E-state index in [0.717, 1.165) is 15.4 Å². The van der Waals surface area contributed by atoms with Gasteiger partial charge in [-0.1, -0.05) is 73.6 Å². The van der Waals surface area contributed by atoms with E-state index < -0.39 is 0 Å². The fraction of sp³-hybridized carbons (Fsp3) is 0.250. The standard InChI is InChI=1S/C24H25FOS/c1-18-7-4-9-20(13-18)24(2,3)17-26-16-19-8-5-11-22(14-19)27-23-12-6-10-21(25)15-23/h4-15H,16-17H2,1-3H3. The molecule has 0 saturated carbocycles. The molecule has 0 N–H and O–H groups in total. The molecule has 0 bridgehead atoms. The molecule has 0 aromatic heterocycles. The van der Waals surface area contributed by atoms with Crippen LogP contribution in [0.2, 0.25) is 0 Å². The highest BCUT2D eigenvalue weighted by Crippen LogP contribution is 2.29. The lowest BCUT2D eigenvalue weighted by Crippen LogP contribution is -2.24. The lowest BCUT2D eigenvalue weighted by molar-refractivity contribution is 0.0824. The lowest BCUT2D eigenvalue weighted by atomic mass is 9.85. The maximum atomic E-state index is 13.4. The highest BCUT2D eigenvalue weighted by molar-refractivity contribution is 7.99. The smallest absolute Gasteiger partial charge is 0.124 e. The normalized spacial score (nSPS) is 11.6. The minimum atomic E-state index is -0.210. The number of halogens is 1. The Morgan fingerprint density at radius 3 is 2.33 bits per heavy atom. The Kier molecular flexibility index (Phi) is 6.35. The van der Waals surface area contributed by atoms with Crippen LogP contribution < -0.4 is 0 Å². The quantitative estimate of drug-likeness (QED) is 0.447. The van der Waals surface area contributed by atoms with Crippen LogP contribution in [0.15, 0.2) is 82.6 Å². The maximum absolute atomic E-state index is 13.4. The number of ether oxygens (including phenoxy) is 1. The van der Waals surface area contributed by atoms with E-state index in [1.807, 2.05) is 18.2 Å². The predicted octanol–water partition coefficient (Wildman–Crippen LogP) is 6.78. The largest absolute Gasteiger partial charge is 0.376 e. The Labute approximate surface area is 165 Å². The van der Waals surface area contributed by atoms with Gasteiger partial charge in [0.1, 0.15) is 5.82 Å². The first-order chi connectivity index (χ1) is 12.9. The van der Waals surface area contributed by atoms with Gasteiger partial charge in [-0.25, -0.2) is 4.39 Å². The number of hydrogen-bond donors (Lipinski definition) is 0. The highest BCUT2D eigenvalue weighted by atomic mass is 32.2. The van der Waals surface area contributed by atoms with Crippen LogP contribution in [0.4, 0.5) is 4.39 Å². The van der Waals surface area contributed by atoms with E-state index in [4.69, 9.17) is 4.74 Å². The van der Waals surface area contributed by atoms with Crippen molar-refractivity contribution in [1.82, 2.24) is 0 Å². The molecule has 0 spiro atoms. The molecule has 0 fully saturated rings. The topological polar surface area (TPSA) is 9.23 Å². The Morgan fingerprint density at radius 1 is 0.889 bits per heavy atom. The van der Waals surface area contributed by atoms with Gasteiger partial charge in [0.05, 0.1) is 13.2 Å². The first kappa shape index (κ1) is 19.7. The van der Waals surface area contributed by atoms with E-state index in [2.05, 4.69) is 57.2 Å². The molecule has 0 atom stereocenters. The van der Waals surface area contributed by atoms with Crippen molar-refractivity contribution in [3.05, 3.63) is 95.3 Å². The molecule has 0 saturated heterocycles. The molecule has 3 aromatic carbocycles. The van der Waals surface area contributed by atoms with E-state index in [9.17, 15) is 4.39 Å². The second-order valence-corrected chi connectivity index (χ2v) is 8.60. The Hall–Kier alpha value is -2.10. The predicted molar refractivity (Wildman–Crippen MR) is 111 cm³/mol. The summed E-state index contributed by atoms with van der Waals surface area (Å²) in [5.41, 5.74) is 3.64. The minimum Gasteiger partial charge on any atom is -0.376 e. The molecule has 3 aromatic rings. The summed E-state index contributed by atoms with van der Waals surface area (Å²) in [6, 6.07) is 23.5. The van der Waals surface area contributed by atoms with Crippen LogP contribution in [0.25, 0.3) is 0 Å². The SMILES string of the molecule is Cc1cccc(C(C)(C)COCc2cccc(Sc3cccc(F)c3)c2)c1. The molecule has 140 valence electrons. The zero-order chi connectivity index (χ0) is 19.3. The molecule has 0 radical (unpaired) electrons.